The number of aryl methyl sites for hydroxylation is 1. The fourth-order valence-electron chi connectivity index (χ4n) is 1.81. The number of hydrogen-bond donors (Lipinski definition) is 3. The molecule has 2 aromatic heterocycles. The molecule has 2 aromatic rings. The summed E-state index contributed by atoms with van der Waals surface area (Å²) in [5, 5.41) is 7.23. The summed E-state index contributed by atoms with van der Waals surface area (Å²) in [5.41, 5.74) is 0.837. The quantitative estimate of drug-likeness (QED) is 0.625. The van der Waals surface area contributed by atoms with Crippen LogP contribution in [0.4, 0.5) is 0 Å². The predicted octanol–water partition coefficient (Wildman–Crippen LogP) is -0.226. The number of hydrogen-bond acceptors (Lipinski definition) is 5. The van der Waals surface area contributed by atoms with Gasteiger partial charge in [0.2, 0.25) is 10.0 Å². The van der Waals surface area contributed by atoms with Gasteiger partial charge in [-0.05, 0) is 12.6 Å². The Morgan fingerprint density at radius 1 is 1.43 bits per heavy atom. The maximum atomic E-state index is 12.1. The lowest BCUT2D eigenvalue weighted by Crippen LogP contribution is -2.26. The van der Waals surface area contributed by atoms with Crippen molar-refractivity contribution in [2.45, 2.75) is 24.8 Å². The van der Waals surface area contributed by atoms with E-state index in [0.717, 1.165) is 12.2 Å². The average molecular weight is 312 g/mol. The molecule has 0 unspecified atom stereocenters. The van der Waals surface area contributed by atoms with E-state index in [9.17, 15) is 8.42 Å². The highest BCUT2D eigenvalue weighted by Crippen LogP contribution is 2.10. The molecule has 21 heavy (non-hydrogen) atoms. The second kappa shape index (κ2) is 6.83. The van der Waals surface area contributed by atoms with E-state index in [4.69, 9.17) is 0 Å². The molecule has 0 atom stereocenters. The molecule has 0 aliphatic heterocycles. The number of sulfonamides is 1. The van der Waals surface area contributed by atoms with Crippen LogP contribution in [0.1, 0.15) is 18.4 Å². The van der Waals surface area contributed by atoms with Gasteiger partial charge in [-0.3, -0.25) is 4.68 Å². The Kier molecular flexibility index (Phi) is 5.10. The topological polar surface area (TPSA) is 105 Å². The van der Waals surface area contributed by atoms with Crippen LogP contribution in [0.15, 0.2) is 23.5 Å². The standard InChI is InChI=1S/C12H20N6O2S/c1-3-13-7-10-6-11(8-14-10)21(19,20)16-5-4-12-15-9-18(2)17-12/h6,8-9,13-14,16H,3-5,7H2,1-2H3. The second-order valence-electron chi connectivity index (χ2n) is 4.62. The first-order chi connectivity index (χ1) is 10.0. The molecule has 0 aliphatic rings. The summed E-state index contributed by atoms with van der Waals surface area (Å²) >= 11 is 0. The SMILES string of the molecule is CCNCc1cc(S(=O)(=O)NCCc2ncn(C)n2)c[nH]1. The van der Waals surface area contributed by atoms with Crippen LogP contribution < -0.4 is 10.0 Å². The molecule has 0 aliphatic carbocycles. The van der Waals surface area contributed by atoms with Crippen molar-refractivity contribution in [2.24, 2.45) is 7.05 Å². The van der Waals surface area contributed by atoms with Crippen LogP contribution in [0.25, 0.3) is 0 Å². The Balaban J connectivity index is 1.90. The van der Waals surface area contributed by atoms with E-state index in [1.807, 2.05) is 6.92 Å². The van der Waals surface area contributed by atoms with Gasteiger partial charge in [0.1, 0.15) is 6.33 Å². The molecule has 2 rings (SSSR count). The van der Waals surface area contributed by atoms with Gasteiger partial charge in [-0.1, -0.05) is 6.92 Å². The first kappa shape index (κ1) is 15.7. The second-order valence-corrected chi connectivity index (χ2v) is 6.39. The number of rotatable bonds is 8. The third-order valence-electron chi connectivity index (χ3n) is 2.88. The highest BCUT2D eigenvalue weighted by molar-refractivity contribution is 7.89. The maximum absolute atomic E-state index is 12.1. The zero-order valence-corrected chi connectivity index (χ0v) is 12.9. The smallest absolute Gasteiger partial charge is 0.242 e. The number of nitrogens with one attached hydrogen (secondary N) is 3. The van der Waals surface area contributed by atoms with Gasteiger partial charge < -0.3 is 10.3 Å². The summed E-state index contributed by atoms with van der Waals surface area (Å²) < 4.78 is 28.4. The number of nitrogens with zero attached hydrogens (tertiary/aromatic N) is 3. The van der Waals surface area contributed by atoms with Gasteiger partial charge in [0.15, 0.2) is 5.82 Å². The molecule has 0 amide bonds. The van der Waals surface area contributed by atoms with Crippen molar-refractivity contribution in [3.05, 3.63) is 30.1 Å². The highest BCUT2D eigenvalue weighted by atomic mass is 32.2. The van der Waals surface area contributed by atoms with Gasteiger partial charge >= 0.3 is 0 Å². The monoisotopic (exact) mass is 312 g/mol. The third kappa shape index (κ3) is 4.38. The van der Waals surface area contributed by atoms with Crippen molar-refractivity contribution in [2.75, 3.05) is 13.1 Å². The zero-order chi connectivity index (χ0) is 15.3. The molecule has 116 valence electrons. The van der Waals surface area contributed by atoms with Gasteiger partial charge in [0.05, 0.1) is 4.90 Å². The Bertz CT molecular complexity index is 675. The molecule has 2 heterocycles. The Morgan fingerprint density at radius 3 is 2.90 bits per heavy atom. The molecule has 0 aromatic carbocycles. The zero-order valence-electron chi connectivity index (χ0n) is 12.1. The van der Waals surface area contributed by atoms with Gasteiger partial charge in [-0.2, -0.15) is 5.10 Å². The van der Waals surface area contributed by atoms with Crippen molar-refractivity contribution < 1.29 is 8.42 Å². The largest absolute Gasteiger partial charge is 0.363 e. The average Bonchev–Trinajstić information content (AvgIpc) is 3.06. The molecular formula is C12H20N6O2S. The number of aromatic amines is 1. The Labute approximate surface area is 124 Å². The molecule has 0 saturated carbocycles. The van der Waals surface area contributed by atoms with Crippen molar-refractivity contribution in [3.8, 4) is 0 Å². The predicted molar refractivity (Wildman–Crippen MR) is 78.1 cm³/mol. The van der Waals surface area contributed by atoms with Crippen LogP contribution in [0.2, 0.25) is 0 Å². The Hall–Kier alpha value is -1.71. The van der Waals surface area contributed by atoms with E-state index in [0.29, 0.717) is 18.8 Å². The van der Waals surface area contributed by atoms with Gasteiger partial charge in [0.25, 0.3) is 0 Å². The van der Waals surface area contributed by atoms with Crippen LogP contribution in [0.5, 0.6) is 0 Å². The summed E-state index contributed by atoms with van der Waals surface area (Å²) in [6.45, 7) is 3.70. The summed E-state index contributed by atoms with van der Waals surface area (Å²) in [6.07, 6.45) is 3.53. The van der Waals surface area contributed by atoms with Crippen LogP contribution in [-0.2, 0) is 30.0 Å². The normalized spacial score (nSPS) is 11.9. The molecule has 0 spiro atoms. The van der Waals surface area contributed by atoms with E-state index in [1.54, 1.807) is 24.1 Å². The van der Waals surface area contributed by atoms with E-state index in [1.165, 1.54) is 6.20 Å². The van der Waals surface area contributed by atoms with Gasteiger partial charge in [-0.25, -0.2) is 18.1 Å². The van der Waals surface area contributed by atoms with E-state index in [2.05, 4.69) is 25.1 Å². The van der Waals surface area contributed by atoms with E-state index < -0.39 is 10.0 Å². The lowest BCUT2D eigenvalue weighted by atomic mass is 10.4. The Morgan fingerprint density at radius 2 is 2.24 bits per heavy atom. The molecule has 9 heteroatoms. The van der Waals surface area contributed by atoms with E-state index >= 15 is 0 Å². The minimum atomic E-state index is -3.50. The van der Waals surface area contributed by atoms with Crippen molar-refractivity contribution >= 4 is 10.0 Å². The molecule has 3 N–H and O–H groups in total. The lowest BCUT2D eigenvalue weighted by Gasteiger charge is -2.03. The molecule has 0 fully saturated rings. The van der Waals surface area contributed by atoms with Crippen LogP contribution >= 0.6 is 0 Å². The van der Waals surface area contributed by atoms with Crippen molar-refractivity contribution in [3.63, 3.8) is 0 Å². The first-order valence-electron chi connectivity index (χ1n) is 6.73. The van der Waals surface area contributed by atoms with Crippen LogP contribution in [-0.4, -0.2) is 41.3 Å². The summed E-state index contributed by atoms with van der Waals surface area (Å²) in [5.74, 6) is 0.613. The summed E-state index contributed by atoms with van der Waals surface area (Å²) in [4.78, 5) is 7.24. The fourth-order valence-corrected chi connectivity index (χ4v) is 2.86. The molecule has 8 nitrogen and oxygen atoms in total. The number of aromatic nitrogens is 4. The summed E-state index contributed by atoms with van der Waals surface area (Å²) in [6, 6.07) is 1.63. The van der Waals surface area contributed by atoms with Crippen LogP contribution in [0, 0.1) is 0 Å². The van der Waals surface area contributed by atoms with Gasteiger partial charge in [-0.15, -0.1) is 0 Å². The number of H-pyrrole nitrogens is 1. The van der Waals surface area contributed by atoms with Crippen LogP contribution in [0.3, 0.4) is 0 Å². The van der Waals surface area contributed by atoms with Gasteiger partial charge in [0, 0.05) is 38.4 Å². The molecule has 0 saturated heterocycles. The summed E-state index contributed by atoms with van der Waals surface area (Å²) in [7, 11) is -1.73. The fraction of sp³-hybridized carbons (Fsp3) is 0.500. The molecule has 0 radical (unpaired) electrons. The van der Waals surface area contributed by atoms with E-state index in [-0.39, 0.29) is 11.4 Å². The van der Waals surface area contributed by atoms with Crippen molar-refractivity contribution in [1.82, 2.24) is 29.8 Å². The lowest BCUT2D eigenvalue weighted by molar-refractivity contribution is 0.580. The minimum Gasteiger partial charge on any atom is -0.363 e. The first-order valence-corrected chi connectivity index (χ1v) is 8.22. The highest BCUT2D eigenvalue weighted by Gasteiger charge is 2.15. The third-order valence-corrected chi connectivity index (χ3v) is 4.32. The van der Waals surface area contributed by atoms with Crippen molar-refractivity contribution in [1.29, 1.82) is 0 Å². The molecular weight excluding hydrogens is 292 g/mol. The minimum absolute atomic E-state index is 0.240. The molecule has 0 bridgehead atoms. The maximum Gasteiger partial charge on any atom is 0.242 e.